The molecule has 156 valence electrons. The quantitative estimate of drug-likeness (QED) is 0.152. The Labute approximate surface area is 207 Å². The first kappa shape index (κ1) is 22.0. The van der Waals surface area contributed by atoms with Gasteiger partial charge in [-0.25, -0.2) is 5.10 Å². The maximum absolute atomic E-state index is 6.43. The number of hydrogen-bond acceptors (Lipinski definition) is 4. The summed E-state index contributed by atoms with van der Waals surface area (Å²) in [6.07, 6.45) is 1.62. The average molecular weight is 581 g/mol. The number of benzene rings is 3. The summed E-state index contributed by atoms with van der Waals surface area (Å²) in [5, 5.41) is 12.3. The molecule has 4 rings (SSSR count). The van der Waals surface area contributed by atoms with Crippen LogP contribution in [-0.4, -0.2) is 21.1 Å². The second kappa shape index (κ2) is 9.95. The Morgan fingerprint density at radius 2 is 1.74 bits per heavy atom. The van der Waals surface area contributed by atoms with E-state index in [4.69, 9.17) is 40.2 Å². The van der Waals surface area contributed by atoms with Gasteiger partial charge in [0.2, 0.25) is 4.77 Å². The molecular formula is C22H15Cl2IN4OS. The lowest BCUT2D eigenvalue weighted by Crippen LogP contribution is -1.98. The van der Waals surface area contributed by atoms with E-state index in [1.165, 1.54) is 0 Å². The van der Waals surface area contributed by atoms with Crippen LogP contribution in [0.2, 0.25) is 10.0 Å². The van der Waals surface area contributed by atoms with Crippen LogP contribution in [0.4, 0.5) is 0 Å². The summed E-state index contributed by atoms with van der Waals surface area (Å²) >= 11 is 20.4. The predicted octanol–water partition coefficient (Wildman–Crippen LogP) is 6.98. The smallest absolute Gasteiger partial charge is 0.216 e. The summed E-state index contributed by atoms with van der Waals surface area (Å²) in [6, 6.07) is 21.2. The highest BCUT2D eigenvalue weighted by molar-refractivity contribution is 14.1. The van der Waals surface area contributed by atoms with Gasteiger partial charge in [0.15, 0.2) is 11.6 Å². The van der Waals surface area contributed by atoms with Crippen LogP contribution >= 0.6 is 58.0 Å². The zero-order valence-corrected chi connectivity index (χ0v) is 20.4. The van der Waals surface area contributed by atoms with Gasteiger partial charge in [0.25, 0.3) is 0 Å². The van der Waals surface area contributed by atoms with Gasteiger partial charge in [0, 0.05) is 9.13 Å². The molecular weight excluding hydrogens is 566 g/mol. The molecule has 31 heavy (non-hydrogen) atoms. The highest BCUT2D eigenvalue weighted by Crippen LogP contribution is 2.34. The van der Waals surface area contributed by atoms with Crippen molar-refractivity contribution in [1.82, 2.24) is 14.9 Å². The summed E-state index contributed by atoms with van der Waals surface area (Å²) < 4.78 is 8.94. The van der Waals surface area contributed by atoms with E-state index in [1.54, 1.807) is 23.0 Å². The van der Waals surface area contributed by atoms with E-state index < -0.39 is 0 Å². The molecule has 9 heteroatoms. The maximum Gasteiger partial charge on any atom is 0.216 e. The van der Waals surface area contributed by atoms with E-state index in [0.717, 1.165) is 14.7 Å². The first-order chi connectivity index (χ1) is 15.0. The van der Waals surface area contributed by atoms with Gasteiger partial charge in [-0.2, -0.15) is 14.9 Å². The number of aromatic amines is 1. The number of rotatable bonds is 6. The van der Waals surface area contributed by atoms with E-state index >= 15 is 0 Å². The van der Waals surface area contributed by atoms with Crippen LogP contribution in [0.15, 0.2) is 71.8 Å². The zero-order chi connectivity index (χ0) is 21.8. The first-order valence-electron chi connectivity index (χ1n) is 9.15. The fourth-order valence-corrected chi connectivity index (χ4v) is 3.98. The molecule has 0 aliphatic rings. The Morgan fingerprint density at radius 3 is 2.42 bits per heavy atom. The summed E-state index contributed by atoms with van der Waals surface area (Å²) in [7, 11) is 0. The van der Waals surface area contributed by atoms with Gasteiger partial charge in [-0.05, 0) is 70.2 Å². The first-order valence-corrected chi connectivity index (χ1v) is 11.4. The lowest BCUT2D eigenvalue weighted by molar-refractivity contribution is 0.306. The third-order valence-corrected chi connectivity index (χ3v) is 5.87. The van der Waals surface area contributed by atoms with Crippen LogP contribution < -0.4 is 4.74 Å². The molecule has 0 saturated carbocycles. The molecule has 0 amide bonds. The van der Waals surface area contributed by atoms with Gasteiger partial charge in [-0.1, -0.05) is 65.7 Å². The summed E-state index contributed by atoms with van der Waals surface area (Å²) in [5.41, 5.74) is 2.63. The van der Waals surface area contributed by atoms with Crippen molar-refractivity contribution in [2.24, 2.45) is 5.10 Å². The van der Waals surface area contributed by atoms with E-state index in [9.17, 15) is 0 Å². The van der Waals surface area contributed by atoms with Crippen molar-refractivity contribution in [3.05, 3.63) is 96.2 Å². The fourth-order valence-electron chi connectivity index (χ4n) is 2.83. The van der Waals surface area contributed by atoms with Crippen molar-refractivity contribution in [3.8, 4) is 17.1 Å². The van der Waals surface area contributed by atoms with Crippen molar-refractivity contribution < 1.29 is 4.74 Å². The van der Waals surface area contributed by atoms with Crippen molar-refractivity contribution in [1.29, 1.82) is 0 Å². The highest BCUT2D eigenvalue weighted by Gasteiger charge is 2.11. The van der Waals surface area contributed by atoms with Gasteiger partial charge in [-0.3, -0.25) is 0 Å². The average Bonchev–Trinajstić information content (AvgIpc) is 3.14. The number of ether oxygens (including phenoxy) is 1. The number of nitrogens with one attached hydrogen (secondary N) is 1. The Kier molecular flexibility index (Phi) is 7.06. The standard InChI is InChI=1S/C22H15Cl2IN4OS/c23-18-10-15(11-19(24)20(18)30-13-14-6-8-17(25)9-7-14)12-26-29-21(27-28-22(29)31)16-4-2-1-3-5-16/h1-12H,13H2,(H,28,31)/b26-12-. The molecule has 4 aromatic rings. The minimum absolute atomic E-state index is 0.369. The van der Waals surface area contributed by atoms with Gasteiger partial charge >= 0.3 is 0 Å². The van der Waals surface area contributed by atoms with Gasteiger partial charge in [-0.15, -0.1) is 0 Å². The third kappa shape index (κ3) is 5.35. The van der Waals surface area contributed by atoms with Gasteiger partial charge in [0.1, 0.15) is 6.61 Å². The lowest BCUT2D eigenvalue weighted by Gasteiger charge is -2.11. The Balaban J connectivity index is 1.55. The van der Waals surface area contributed by atoms with Crippen LogP contribution in [0.1, 0.15) is 11.1 Å². The minimum atomic E-state index is 0.369. The third-order valence-electron chi connectivity index (χ3n) is 4.32. The van der Waals surface area contributed by atoms with Crippen LogP contribution in [0.5, 0.6) is 5.75 Å². The lowest BCUT2D eigenvalue weighted by atomic mass is 10.2. The van der Waals surface area contributed by atoms with Gasteiger partial charge < -0.3 is 4.74 Å². The number of hydrogen-bond donors (Lipinski definition) is 1. The van der Waals surface area contributed by atoms with E-state index in [0.29, 0.717) is 38.6 Å². The van der Waals surface area contributed by atoms with Crippen molar-refractivity contribution >= 4 is 64.2 Å². The molecule has 1 heterocycles. The Bertz CT molecular complexity index is 1260. The molecule has 1 N–H and O–H groups in total. The molecule has 0 saturated heterocycles. The molecule has 3 aromatic carbocycles. The van der Waals surface area contributed by atoms with Crippen LogP contribution in [-0.2, 0) is 6.61 Å². The van der Waals surface area contributed by atoms with Crippen molar-refractivity contribution in [2.45, 2.75) is 6.61 Å². The van der Waals surface area contributed by atoms with Crippen LogP contribution in [0, 0.1) is 8.34 Å². The normalized spacial score (nSPS) is 11.2. The molecule has 0 aliphatic carbocycles. The second-order valence-corrected chi connectivity index (χ2v) is 8.95. The molecule has 5 nitrogen and oxygen atoms in total. The summed E-state index contributed by atoms with van der Waals surface area (Å²) in [4.78, 5) is 0. The van der Waals surface area contributed by atoms with Crippen LogP contribution in [0.3, 0.4) is 0 Å². The monoisotopic (exact) mass is 580 g/mol. The summed E-state index contributed by atoms with van der Waals surface area (Å²) in [5.74, 6) is 1.04. The number of nitrogens with zero attached hydrogens (tertiary/aromatic N) is 3. The molecule has 0 spiro atoms. The topological polar surface area (TPSA) is 55.2 Å². The molecule has 0 unspecified atom stereocenters. The predicted molar refractivity (Wildman–Crippen MR) is 136 cm³/mol. The molecule has 0 atom stereocenters. The zero-order valence-electron chi connectivity index (χ0n) is 15.9. The molecule has 0 fully saturated rings. The molecule has 1 aromatic heterocycles. The van der Waals surface area contributed by atoms with Crippen LogP contribution in [0.25, 0.3) is 11.4 Å². The van der Waals surface area contributed by atoms with Crippen molar-refractivity contribution in [2.75, 3.05) is 0 Å². The summed E-state index contributed by atoms with van der Waals surface area (Å²) in [6.45, 7) is 0.369. The van der Waals surface area contributed by atoms with Gasteiger partial charge in [0.05, 0.1) is 16.3 Å². The van der Waals surface area contributed by atoms with Crippen molar-refractivity contribution in [3.63, 3.8) is 0 Å². The fraction of sp³-hybridized carbons (Fsp3) is 0.0455. The second-order valence-electron chi connectivity index (χ2n) is 6.50. The number of halogens is 3. The SMILES string of the molecule is S=c1[nH]nc(-c2ccccc2)n1/N=C\c1cc(Cl)c(OCc2ccc(I)cc2)c(Cl)c1. The molecule has 0 bridgehead atoms. The Hall–Kier alpha value is -2.20. The van der Waals surface area contributed by atoms with E-state index in [2.05, 4.69) is 37.9 Å². The maximum atomic E-state index is 6.43. The van der Waals surface area contributed by atoms with E-state index in [-0.39, 0.29) is 0 Å². The highest BCUT2D eigenvalue weighted by atomic mass is 127. The molecule has 0 radical (unpaired) electrons. The molecule has 0 aliphatic heterocycles. The largest absolute Gasteiger partial charge is 0.486 e. The number of H-pyrrole nitrogens is 1. The number of aromatic nitrogens is 3. The van der Waals surface area contributed by atoms with E-state index in [1.807, 2.05) is 54.6 Å². The minimum Gasteiger partial charge on any atom is -0.486 e. The Morgan fingerprint density at radius 1 is 1.06 bits per heavy atom.